The zero-order valence-electron chi connectivity index (χ0n) is 12.5. The van der Waals surface area contributed by atoms with Crippen LogP contribution in [0.25, 0.3) is 0 Å². The van der Waals surface area contributed by atoms with Crippen LogP contribution >= 0.6 is 0 Å². The Morgan fingerprint density at radius 1 is 1.14 bits per heavy atom. The molecule has 0 saturated carbocycles. The van der Waals surface area contributed by atoms with E-state index in [0.717, 1.165) is 24.5 Å². The third-order valence-corrected chi connectivity index (χ3v) is 3.82. The minimum Gasteiger partial charge on any atom is -0.370 e. The summed E-state index contributed by atoms with van der Waals surface area (Å²) in [6.45, 7) is 2.20. The third-order valence-electron chi connectivity index (χ3n) is 3.82. The second-order valence-electron chi connectivity index (χ2n) is 5.47. The Kier molecular flexibility index (Phi) is 4.62. The maximum absolute atomic E-state index is 12.1. The van der Waals surface area contributed by atoms with E-state index in [2.05, 4.69) is 31.8 Å². The van der Waals surface area contributed by atoms with Crippen LogP contribution in [0, 0.1) is 0 Å². The fraction of sp³-hybridized carbons (Fsp3) is 0.467. The minimum absolute atomic E-state index is 0.112. The van der Waals surface area contributed by atoms with Crippen LogP contribution in [-0.4, -0.2) is 39.2 Å². The number of para-hydroxylation sites is 2. The van der Waals surface area contributed by atoms with Crippen molar-refractivity contribution in [3.63, 3.8) is 0 Å². The van der Waals surface area contributed by atoms with Gasteiger partial charge in [-0.1, -0.05) is 25.0 Å². The van der Waals surface area contributed by atoms with Crippen LogP contribution < -0.4 is 10.2 Å². The lowest BCUT2D eigenvalue weighted by molar-refractivity contribution is -0.116. The second kappa shape index (κ2) is 7.02. The maximum atomic E-state index is 12.1. The minimum atomic E-state index is -0.130. The summed E-state index contributed by atoms with van der Waals surface area (Å²) in [5, 5.41) is 13.7. The summed E-state index contributed by atoms with van der Waals surface area (Å²) in [6, 6.07) is 7.96. The molecular formula is C15H20N6O. The van der Waals surface area contributed by atoms with Crippen LogP contribution in [0.1, 0.15) is 25.7 Å². The van der Waals surface area contributed by atoms with Crippen molar-refractivity contribution in [1.29, 1.82) is 0 Å². The predicted octanol–water partition coefficient (Wildman–Crippen LogP) is 1.69. The molecule has 1 aliphatic heterocycles. The number of amides is 1. The molecular weight excluding hydrogens is 280 g/mol. The largest absolute Gasteiger partial charge is 0.370 e. The van der Waals surface area contributed by atoms with E-state index in [-0.39, 0.29) is 12.5 Å². The van der Waals surface area contributed by atoms with E-state index >= 15 is 0 Å². The van der Waals surface area contributed by atoms with Gasteiger partial charge in [0.05, 0.1) is 11.4 Å². The molecule has 1 N–H and O–H groups in total. The molecule has 1 aromatic carbocycles. The fourth-order valence-electron chi connectivity index (χ4n) is 2.76. The van der Waals surface area contributed by atoms with Crippen LogP contribution in [0.3, 0.4) is 0 Å². The van der Waals surface area contributed by atoms with Crippen LogP contribution in [-0.2, 0) is 11.3 Å². The molecule has 2 heterocycles. The quantitative estimate of drug-likeness (QED) is 0.930. The molecule has 116 valence electrons. The van der Waals surface area contributed by atoms with Gasteiger partial charge in [0, 0.05) is 13.1 Å². The van der Waals surface area contributed by atoms with Crippen molar-refractivity contribution in [2.75, 3.05) is 23.3 Å². The molecule has 7 heteroatoms. The molecule has 22 heavy (non-hydrogen) atoms. The van der Waals surface area contributed by atoms with Crippen molar-refractivity contribution in [2.45, 2.75) is 32.2 Å². The number of carbonyl (C=O) groups excluding carboxylic acids is 1. The number of nitrogens with zero attached hydrogens (tertiary/aromatic N) is 5. The van der Waals surface area contributed by atoms with E-state index in [4.69, 9.17) is 0 Å². The Labute approximate surface area is 129 Å². The summed E-state index contributed by atoms with van der Waals surface area (Å²) in [4.78, 5) is 14.5. The molecule has 1 fully saturated rings. The molecule has 1 saturated heterocycles. The lowest BCUT2D eigenvalue weighted by Crippen LogP contribution is -2.26. The summed E-state index contributed by atoms with van der Waals surface area (Å²) in [6.07, 6.45) is 6.40. The van der Waals surface area contributed by atoms with Gasteiger partial charge in [-0.05, 0) is 35.4 Å². The predicted molar refractivity (Wildman–Crippen MR) is 83.6 cm³/mol. The van der Waals surface area contributed by atoms with Crippen molar-refractivity contribution in [2.24, 2.45) is 0 Å². The zero-order valence-corrected chi connectivity index (χ0v) is 12.5. The number of aromatic nitrogens is 4. The van der Waals surface area contributed by atoms with Crippen LogP contribution in [0.15, 0.2) is 30.6 Å². The van der Waals surface area contributed by atoms with Crippen LogP contribution in [0.5, 0.6) is 0 Å². The Balaban J connectivity index is 1.71. The molecule has 0 radical (unpaired) electrons. The number of nitrogens with one attached hydrogen (secondary N) is 1. The molecule has 1 aromatic heterocycles. The van der Waals surface area contributed by atoms with Crippen molar-refractivity contribution < 1.29 is 4.79 Å². The number of carbonyl (C=O) groups is 1. The number of anilines is 2. The second-order valence-corrected chi connectivity index (χ2v) is 5.47. The van der Waals surface area contributed by atoms with E-state index in [9.17, 15) is 4.79 Å². The third kappa shape index (κ3) is 3.60. The van der Waals surface area contributed by atoms with Gasteiger partial charge in [0.15, 0.2) is 0 Å². The molecule has 2 aromatic rings. The Hall–Kier alpha value is -2.44. The van der Waals surface area contributed by atoms with Crippen molar-refractivity contribution >= 4 is 17.3 Å². The summed E-state index contributed by atoms with van der Waals surface area (Å²) in [7, 11) is 0. The van der Waals surface area contributed by atoms with Crippen molar-refractivity contribution in [1.82, 2.24) is 20.2 Å². The molecule has 1 aliphatic rings. The van der Waals surface area contributed by atoms with Crippen LogP contribution in [0.4, 0.5) is 11.4 Å². The van der Waals surface area contributed by atoms with Gasteiger partial charge < -0.3 is 10.2 Å². The molecule has 0 unspecified atom stereocenters. The maximum Gasteiger partial charge on any atom is 0.246 e. The van der Waals surface area contributed by atoms with Gasteiger partial charge in [0.25, 0.3) is 0 Å². The lowest BCUT2D eigenvalue weighted by Gasteiger charge is -2.25. The number of benzene rings is 1. The van der Waals surface area contributed by atoms with Gasteiger partial charge in [-0.15, -0.1) is 5.10 Å². The van der Waals surface area contributed by atoms with E-state index in [1.807, 2.05) is 18.2 Å². The number of tetrazole rings is 1. The van der Waals surface area contributed by atoms with E-state index < -0.39 is 0 Å². The SMILES string of the molecule is O=C(Cn1cnnn1)Nc1ccccc1N1CCCCCC1. The van der Waals surface area contributed by atoms with E-state index in [1.54, 1.807) is 0 Å². The number of rotatable bonds is 4. The molecule has 1 amide bonds. The van der Waals surface area contributed by atoms with Crippen LogP contribution in [0.2, 0.25) is 0 Å². The monoisotopic (exact) mass is 300 g/mol. The van der Waals surface area contributed by atoms with Gasteiger partial charge in [0.1, 0.15) is 12.9 Å². The average Bonchev–Trinajstić information content (AvgIpc) is 2.87. The van der Waals surface area contributed by atoms with E-state index in [1.165, 1.54) is 36.7 Å². The first kappa shape index (κ1) is 14.5. The highest BCUT2D eigenvalue weighted by Gasteiger charge is 2.15. The van der Waals surface area contributed by atoms with Gasteiger partial charge >= 0.3 is 0 Å². The Bertz CT molecular complexity index is 604. The first-order chi connectivity index (χ1) is 10.8. The van der Waals surface area contributed by atoms with Crippen molar-refractivity contribution in [3.8, 4) is 0 Å². The standard InChI is InChI=1S/C15H20N6O/c22-15(11-21-12-16-18-19-21)17-13-7-3-4-8-14(13)20-9-5-1-2-6-10-20/h3-4,7-8,12H,1-2,5-6,9-11H2,(H,17,22). The van der Waals surface area contributed by atoms with Gasteiger partial charge in [-0.2, -0.15) is 0 Å². The average molecular weight is 300 g/mol. The summed E-state index contributed by atoms with van der Waals surface area (Å²) in [5.74, 6) is -0.130. The topological polar surface area (TPSA) is 75.9 Å². The van der Waals surface area contributed by atoms with Gasteiger partial charge in [0.2, 0.25) is 5.91 Å². The lowest BCUT2D eigenvalue weighted by atomic mass is 10.2. The summed E-state index contributed by atoms with van der Waals surface area (Å²) >= 11 is 0. The smallest absolute Gasteiger partial charge is 0.246 e. The Morgan fingerprint density at radius 2 is 1.91 bits per heavy atom. The van der Waals surface area contributed by atoms with Crippen molar-refractivity contribution in [3.05, 3.63) is 30.6 Å². The Morgan fingerprint density at radius 3 is 2.64 bits per heavy atom. The molecule has 0 bridgehead atoms. The normalized spacial score (nSPS) is 15.4. The summed E-state index contributed by atoms with van der Waals surface area (Å²) < 4.78 is 1.41. The highest BCUT2D eigenvalue weighted by molar-refractivity contribution is 5.94. The number of hydrogen-bond donors (Lipinski definition) is 1. The number of hydrogen-bond acceptors (Lipinski definition) is 5. The fourth-order valence-corrected chi connectivity index (χ4v) is 2.76. The van der Waals surface area contributed by atoms with Gasteiger partial charge in [-0.3, -0.25) is 4.79 Å². The summed E-state index contributed by atoms with van der Waals surface area (Å²) in [5.41, 5.74) is 1.94. The highest BCUT2D eigenvalue weighted by atomic mass is 16.2. The highest BCUT2D eigenvalue weighted by Crippen LogP contribution is 2.27. The molecule has 7 nitrogen and oxygen atoms in total. The van der Waals surface area contributed by atoms with Gasteiger partial charge in [-0.25, -0.2) is 4.68 Å². The first-order valence-corrected chi connectivity index (χ1v) is 7.67. The zero-order chi connectivity index (χ0) is 15.2. The van der Waals surface area contributed by atoms with E-state index in [0.29, 0.717) is 0 Å². The molecule has 0 aliphatic carbocycles. The first-order valence-electron chi connectivity index (χ1n) is 7.67. The molecule has 0 atom stereocenters. The molecule has 0 spiro atoms. The molecule has 3 rings (SSSR count).